The third kappa shape index (κ3) is 4.88. The highest BCUT2D eigenvalue weighted by atomic mass is 19.1. The number of ether oxygens (including phenoxy) is 2. The molecule has 0 spiro atoms. The Morgan fingerprint density at radius 3 is 2.33 bits per heavy atom. The van der Waals surface area contributed by atoms with Gasteiger partial charge in [-0.3, -0.25) is 9.59 Å². The lowest BCUT2D eigenvalue weighted by Crippen LogP contribution is -2.50. The molecule has 184 valence electrons. The second-order valence-electron chi connectivity index (χ2n) is 8.50. The minimum Gasteiger partial charge on any atom is -0.497 e. The number of methoxy groups -OCH3 is 1. The van der Waals surface area contributed by atoms with E-state index in [0.29, 0.717) is 54.2 Å². The van der Waals surface area contributed by atoms with Gasteiger partial charge in [0.05, 0.1) is 18.1 Å². The molecular formula is C28H25FN2O5. The number of carbonyl (C=O) groups excluding carboxylic acids is 1. The Hall–Kier alpha value is -4.33. The molecule has 1 aliphatic rings. The average Bonchev–Trinajstić information content (AvgIpc) is 2.92. The summed E-state index contributed by atoms with van der Waals surface area (Å²) in [7, 11) is 1.59. The SMILES string of the molecule is COc1ccc(-c2coc3cc(OCC(=O)N4CCN(c5ccc(F)cc5)CC4)ccc3c2=O)cc1. The van der Waals surface area contributed by atoms with Crippen molar-refractivity contribution in [2.45, 2.75) is 0 Å². The first-order valence-corrected chi connectivity index (χ1v) is 11.6. The summed E-state index contributed by atoms with van der Waals surface area (Å²) in [5.74, 6) is 0.761. The fraction of sp³-hybridized carbons (Fsp3) is 0.214. The number of nitrogens with zero attached hydrogens (tertiary/aromatic N) is 2. The second-order valence-corrected chi connectivity index (χ2v) is 8.50. The van der Waals surface area contributed by atoms with Crippen LogP contribution in [0.4, 0.5) is 10.1 Å². The predicted octanol–water partition coefficient (Wildman–Crippen LogP) is 4.34. The number of benzene rings is 3. The molecular weight excluding hydrogens is 463 g/mol. The highest BCUT2D eigenvalue weighted by molar-refractivity contribution is 5.83. The van der Waals surface area contributed by atoms with Crippen LogP contribution in [0.3, 0.4) is 0 Å². The number of anilines is 1. The first kappa shape index (κ1) is 23.4. The smallest absolute Gasteiger partial charge is 0.260 e. The number of halogens is 1. The molecule has 7 nitrogen and oxygen atoms in total. The third-order valence-electron chi connectivity index (χ3n) is 6.33. The zero-order valence-corrected chi connectivity index (χ0v) is 19.8. The Labute approximate surface area is 207 Å². The fourth-order valence-corrected chi connectivity index (χ4v) is 4.27. The van der Waals surface area contributed by atoms with Crippen molar-refractivity contribution in [2.75, 3.05) is 44.8 Å². The lowest BCUT2D eigenvalue weighted by atomic mass is 10.1. The molecule has 3 aromatic carbocycles. The summed E-state index contributed by atoms with van der Waals surface area (Å²) in [5.41, 5.74) is 2.36. The van der Waals surface area contributed by atoms with Crippen LogP contribution in [0.1, 0.15) is 0 Å². The van der Waals surface area contributed by atoms with Crippen LogP contribution in [0.5, 0.6) is 11.5 Å². The summed E-state index contributed by atoms with van der Waals surface area (Å²) in [6.07, 6.45) is 1.43. The second kappa shape index (κ2) is 10.1. The van der Waals surface area contributed by atoms with Crippen molar-refractivity contribution in [3.05, 3.63) is 89.0 Å². The molecule has 1 amide bonds. The van der Waals surface area contributed by atoms with Gasteiger partial charge in [0, 0.05) is 37.9 Å². The summed E-state index contributed by atoms with van der Waals surface area (Å²) in [4.78, 5) is 29.5. The molecule has 0 unspecified atom stereocenters. The highest BCUT2D eigenvalue weighted by Crippen LogP contribution is 2.25. The van der Waals surface area contributed by atoms with Crippen molar-refractivity contribution in [2.24, 2.45) is 0 Å². The van der Waals surface area contributed by atoms with E-state index >= 15 is 0 Å². The van der Waals surface area contributed by atoms with Gasteiger partial charge in [-0.15, -0.1) is 0 Å². The number of hydrogen-bond donors (Lipinski definition) is 0. The van der Waals surface area contributed by atoms with Gasteiger partial charge in [-0.05, 0) is 54.1 Å². The average molecular weight is 489 g/mol. The van der Waals surface area contributed by atoms with Crippen molar-refractivity contribution >= 4 is 22.6 Å². The van der Waals surface area contributed by atoms with Gasteiger partial charge in [0.1, 0.15) is 29.2 Å². The minimum absolute atomic E-state index is 0.115. The van der Waals surface area contributed by atoms with E-state index in [-0.39, 0.29) is 23.8 Å². The van der Waals surface area contributed by atoms with Gasteiger partial charge in [0.2, 0.25) is 0 Å². The van der Waals surface area contributed by atoms with E-state index in [9.17, 15) is 14.0 Å². The van der Waals surface area contributed by atoms with Crippen molar-refractivity contribution in [3.8, 4) is 22.6 Å². The first-order valence-electron chi connectivity index (χ1n) is 11.6. The van der Waals surface area contributed by atoms with Crippen LogP contribution in [0, 0.1) is 5.82 Å². The monoisotopic (exact) mass is 488 g/mol. The molecule has 36 heavy (non-hydrogen) atoms. The van der Waals surface area contributed by atoms with Gasteiger partial charge in [-0.1, -0.05) is 12.1 Å². The van der Waals surface area contributed by atoms with E-state index < -0.39 is 0 Å². The maximum Gasteiger partial charge on any atom is 0.260 e. The lowest BCUT2D eigenvalue weighted by molar-refractivity contribution is -0.133. The molecule has 5 rings (SSSR count). The van der Waals surface area contributed by atoms with Gasteiger partial charge in [0.15, 0.2) is 12.0 Å². The molecule has 2 heterocycles. The zero-order valence-electron chi connectivity index (χ0n) is 19.8. The highest BCUT2D eigenvalue weighted by Gasteiger charge is 2.22. The maximum absolute atomic E-state index is 13.2. The third-order valence-corrected chi connectivity index (χ3v) is 6.33. The van der Waals surface area contributed by atoms with Crippen LogP contribution in [-0.2, 0) is 4.79 Å². The van der Waals surface area contributed by atoms with Crippen molar-refractivity contribution in [1.29, 1.82) is 0 Å². The summed E-state index contributed by atoms with van der Waals surface area (Å²) in [6, 6.07) is 18.5. The van der Waals surface area contributed by atoms with E-state index in [2.05, 4.69) is 4.90 Å². The predicted molar refractivity (Wildman–Crippen MR) is 135 cm³/mol. The zero-order chi connectivity index (χ0) is 25.1. The van der Waals surface area contributed by atoms with Crippen molar-refractivity contribution < 1.29 is 23.1 Å². The Morgan fingerprint density at radius 2 is 1.64 bits per heavy atom. The Morgan fingerprint density at radius 1 is 0.944 bits per heavy atom. The molecule has 0 aliphatic carbocycles. The molecule has 1 aliphatic heterocycles. The van der Waals surface area contributed by atoms with Gasteiger partial charge in [0.25, 0.3) is 5.91 Å². The number of fused-ring (bicyclic) bond motifs is 1. The number of rotatable bonds is 6. The molecule has 0 bridgehead atoms. The van der Waals surface area contributed by atoms with Crippen LogP contribution in [0.15, 0.2) is 82.2 Å². The van der Waals surface area contributed by atoms with E-state index in [0.717, 1.165) is 11.3 Å². The largest absolute Gasteiger partial charge is 0.497 e. The van der Waals surface area contributed by atoms with Gasteiger partial charge in [-0.2, -0.15) is 0 Å². The van der Waals surface area contributed by atoms with Gasteiger partial charge < -0.3 is 23.7 Å². The minimum atomic E-state index is -0.268. The number of amides is 1. The number of carbonyl (C=O) groups is 1. The Balaban J connectivity index is 1.21. The number of hydrogen-bond acceptors (Lipinski definition) is 6. The molecule has 0 radical (unpaired) electrons. The molecule has 1 aromatic heterocycles. The van der Waals surface area contributed by atoms with Crippen LogP contribution < -0.4 is 19.8 Å². The van der Waals surface area contributed by atoms with Crippen LogP contribution in [0.2, 0.25) is 0 Å². The summed E-state index contributed by atoms with van der Waals surface area (Å²) in [5, 5.41) is 0.430. The quantitative estimate of drug-likeness (QED) is 0.402. The Kier molecular flexibility index (Phi) is 6.58. The van der Waals surface area contributed by atoms with E-state index in [1.165, 1.54) is 18.4 Å². The fourth-order valence-electron chi connectivity index (χ4n) is 4.27. The van der Waals surface area contributed by atoms with Gasteiger partial charge in [-0.25, -0.2) is 4.39 Å². The molecule has 0 N–H and O–H groups in total. The molecule has 8 heteroatoms. The summed E-state index contributed by atoms with van der Waals surface area (Å²) >= 11 is 0. The lowest BCUT2D eigenvalue weighted by Gasteiger charge is -2.36. The number of piperazine rings is 1. The molecule has 0 atom stereocenters. The van der Waals surface area contributed by atoms with Crippen LogP contribution in [-0.4, -0.2) is 50.7 Å². The van der Waals surface area contributed by atoms with E-state index in [1.807, 2.05) is 0 Å². The van der Waals surface area contributed by atoms with Crippen molar-refractivity contribution in [3.63, 3.8) is 0 Å². The molecule has 1 fully saturated rings. The summed E-state index contributed by atoms with van der Waals surface area (Å²) in [6.45, 7) is 2.32. The summed E-state index contributed by atoms with van der Waals surface area (Å²) < 4.78 is 29.8. The van der Waals surface area contributed by atoms with Crippen molar-refractivity contribution in [1.82, 2.24) is 4.90 Å². The topological polar surface area (TPSA) is 72.2 Å². The molecule has 0 saturated carbocycles. The van der Waals surface area contributed by atoms with Gasteiger partial charge >= 0.3 is 0 Å². The van der Waals surface area contributed by atoms with E-state index in [1.54, 1.807) is 66.6 Å². The van der Waals surface area contributed by atoms with Crippen LogP contribution in [0.25, 0.3) is 22.1 Å². The van der Waals surface area contributed by atoms with Crippen LogP contribution >= 0.6 is 0 Å². The molecule has 4 aromatic rings. The van der Waals surface area contributed by atoms with E-state index in [4.69, 9.17) is 13.9 Å². The Bertz CT molecular complexity index is 1430. The normalized spacial score (nSPS) is 13.6. The first-order chi connectivity index (χ1) is 17.5. The maximum atomic E-state index is 13.2. The standard InChI is InChI=1S/C28H25FN2O5/c1-34-22-8-2-19(3-9-22)25-17-36-26-16-23(10-11-24(26)28(25)33)35-18-27(32)31-14-12-30(13-15-31)21-6-4-20(29)5-7-21/h2-11,16-17H,12-15,18H2,1H3. The molecule has 1 saturated heterocycles.